The number of carbonyl (C=O) groups excluding carboxylic acids is 3. The van der Waals surface area contributed by atoms with E-state index in [0.717, 1.165) is 9.58 Å². The highest BCUT2D eigenvalue weighted by molar-refractivity contribution is 6.21. The van der Waals surface area contributed by atoms with Crippen molar-refractivity contribution < 1.29 is 19.1 Å². The van der Waals surface area contributed by atoms with Gasteiger partial charge in [0.2, 0.25) is 0 Å². The van der Waals surface area contributed by atoms with E-state index in [1.165, 1.54) is 7.05 Å². The zero-order valence-electron chi connectivity index (χ0n) is 14.9. The summed E-state index contributed by atoms with van der Waals surface area (Å²) >= 11 is 0. The number of aromatic nitrogens is 2. The maximum atomic E-state index is 12.3. The average Bonchev–Trinajstić information content (AvgIpc) is 2.95. The van der Waals surface area contributed by atoms with Gasteiger partial charge in [0, 0.05) is 12.4 Å². The van der Waals surface area contributed by atoms with Crippen LogP contribution in [0.25, 0.3) is 10.8 Å². The molecular formula is C20H15N3O5. The summed E-state index contributed by atoms with van der Waals surface area (Å²) in [4.78, 5) is 49.9. The topological polar surface area (TPSA) is 98.6 Å². The minimum absolute atomic E-state index is 0.197. The first-order valence-electron chi connectivity index (χ1n) is 8.53. The summed E-state index contributed by atoms with van der Waals surface area (Å²) in [6.45, 7) is -0.477. The summed E-state index contributed by atoms with van der Waals surface area (Å²) in [5, 5.41) is 5.14. The van der Waals surface area contributed by atoms with Crippen LogP contribution in [-0.2, 0) is 23.0 Å². The molecule has 0 N–H and O–H groups in total. The summed E-state index contributed by atoms with van der Waals surface area (Å²) in [7, 11) is 1.50. The molecule has 2 heterocycles. The summed E-state index contributed by atoms with van der Waals surface area (Å²) in [5.74, 6) is -1.66. The molecule has 0 radical (unpaired) electrons. The van der Waals surface area contributed by atoms with Crippen LogP contribution >= 0.6 is 0 Å². The normalized spacial score (nSPS) is 13.1. The smallest absolute Gasteiger partial charge is 0.313 e. The van der Waals surface area contributed by atoms with Gasteiger partial charge in [-0.1, -0.05) is 30.3 Å². The highest BCUT2D eigenvalue weighted by Gasteiger charge is 2.35. The van der Waals surface area contributed by atoms with Crippen molar-refractivity contribution in [2.24, 2.45) is 7.05 Å². The molecule has 0 saturated heterocycles. The van der Waals surface area contributed by atoms with E-state index in [2.05, 4.69) is 5.10 Å². The fourth-order valence-electron chi connectivity index (χ4n) is 3.19. The number of nitrogens with zero attached hydrogens (tertiary/aromatic N) is 3. The van der Waals surface area contributed by atoms with Crippen molar-refractivity contribution in [1.29, 1.82) is 0 Å². The molecule has 2 amide bonds. The second-order valence-corrected chi connectivity index (χ2v) is 6.33. The molecule has 1 aliphatic heterocycles. The molecule has 4 rings (SSSR count). The Labute approximate surface area is 158 Å². The lowest BCUT2D eigenvalue weighted by molar-refractivity contribution is -0.145. The third kappa shape index (κ3) is 2.84. The van der Waals surface area contributed by atoms with Crippen LogP contribution in [-0.4, -0.2) is 39.2 Å². The predicted molar refractivity (Wildman–Crippen MR) is 98.6 cm³/mol. The quantitative estimate of drug-likeness (QED) is 0.502. The van der Waals surface area contributed by atoms with Crippen molar-refractivity contribution in [3.63, 3.8) is 0 Å². The number of hydrogen-bond acceptors (Lipinski definition) is 6. The summed E-state index contributed by atoms with van der Waals surface area (Å²) in [5.41, 5.74) is 0.687. The van der Waals surface area contributed by atoms with Gasteiger partial charge in [0.15, 0.2) is 6.73 Å². The molecule has 2 aromatic carbocycles. The summed E-state index contributed by atoms with van der Waals surface area (Å²) < 4.78 is 6.30. The number of hydrogen-bond donors (Lipinski definition) is 0. The molecule has 140 valence electrons. The van der Waals surface area contributed by atoms with Crippen molar-refractivity contribution in [3.8, 4) is 0 Å². The van der Waals surface area contributed by atoms with Gasteiger partial charge < -0.3 is 4.74 Å². The minimum Gasteiger partial charge on any atom is -0.443 e. The number of esters is 1. The lowest BCUT2D eigenvalue weighted by Gasteiger charge is -2.14. The third-order valence-corrected chi connectivity index (χ3v) is 4.58. The largest absolute Gasteiger partial charge is 0.443 e. The lowest BCUT2D eigenvalue weighted by Crippen LogP contribution is -2.33. The number of rotatable bonds is 4. The average molecular weight is 377 g/mol. The van der Waals surface area contributed by atoms with Crippen molar-refractivity contribution in [2.75, 3.05) is 6.73 Å². The van der Waals surface area contributed by atoms with E-state index >= 15 is 0 Å². The number of amides is 2. The van der Waals surface area contributed by atoms with E-state index in [4.69, 9.17) is 4.74 Å². The fourth-order valence-corrected chi connectivity index (χ4v) is 3.19. The van der Waals surface area contributed by atoms with Crippen molar-refractivity contribution >= 4 is 28.6 Å². The number of aryl methyl sites for hydroxylation is 1. The van der Waals surface area contributed by atoms with Gasteiger partial charge >= 0.3 is 5.97 Å². The second kappa shape index (κ2) is 6.73. The molecule has 28 heavy (non-hydrogen) atoms. The van der Waals surface area contributed by atoms with Crippen LogP contribution in [0.1, 0.15) is 26.4 Å². The Morgan fingerprint density at radius 3 is 2.14 bits per heavy atom. The molecule has 0 spiro atoms. The van der Waals surface area contributed by atoms with Crippen LogP contribution in [0.2, 0.25) is 0 Å². The highest BCUT2D eigenvalue weighted by atomic mass is 16.5. The van der Waals surface area contributed by atoms with Gasteiger partial charge in [0.25, 0.3) is 17.4 Å². The number of ether oxygens (including phenoxy) is 1. The fraction of sp³-hybridized carbons (Fsp3) is 0.150. The zero-order valence-corrected chi connectivity index (χ0v) is 14.9. The van der Waals surface area contributed by atoms with Gasteiger partial charge in [-0.15, -0.1) is 0 Å². The molecule has 0 unspecified atom stereocenters. The molecule has 1 aliphatic rings. The molecule has 0 aliphatic carbocycles. The van der Waals surface area contributed by atoms with Gasteiger partial charge in [-0.3, -0.25) is 19.2 Å². The molecule has 3 aromatic rings. The molecule has 8 heteroatoms. The zero-order chi connectivity index (χ0) is 19.8. The van der Waals surface area contributed by atoms with E-state index in [0.29, 0.717) is 16.5 Å². The van der Waals surface area contributed by atoms with Crippen LogP contribution < -0.4 is 5.56 Å². The molecule has 8 nitrogen and oxygen atoms in total. The summed E-state index contributed by atoms with van der Waals surface area (Å²) in [6, 6.07) is 13.3. The van der Waals surface area contributed by atoms with Gasteiger partial charge in [0.1, 0.15) is 0 Å². The molecule has 1 aromatic heterocycles. The number of carbonyl (C=O) groups is 3. The predicted octanol–water partition coefficient (Wildman–Crippen LogP) is 1.27. The second-order valence-electron chi connectivity index (χ2n) is 6.33. The van der Waals surface area contributed by atoms with E-state index in [1.54, 1.807) is 48.5 Å². The maximum Gasteiger partial charge on any atom is 0.313 e. The Kier molecular flexibility index (Phi) is 4.23. The SMILES string of the molecule is Cn1nc(CC(=O)OCN2C(=O)c3ccccc3C2=O)c2ccccc2c1=O. The molecule has 0 fully saturated rings. The first-order valence-corrected chi connectivity index (χ1v) is 8.53. The van der Waals surface area contributed by atoms with Crippen molar-refractivity contribution in [1.82, 2.24) is 14.7 Å². The minimum atomic E-state index is -0.659. The van der Waals surface area contributed by atoms with E-state index in [1.807, 2.05) is 0 Å². The van der Waals surface area contributed by atoms with Gasteiger partial charge in [-0.25, -0.2) is 9.58 Å². The van der Waals surface area contributed by atoms with E-state index < -0.39 is 24.5 Å². The van der Waals surface area contributed by atoms with Crippen molar-refractivity contribution in [3.05, 3.63) is 75.7 Å². The Hall–Kier alpha value is -3.81. The lowest BCUT2D eigenvalue weighted by atomic mass is 10.1. The number of imide groups is 1. The van der Waals surface area contributed by atoms with E-state index in [9.17, 15) is 19.2 Å². The van der Waals surface area contributed by atoms with Crippen LogP contribution in [0, 0.1) is 0 Å². The Bertz CT molecular complexity index is 1160. The Balaban J connectivity index is 1.50. The third-order valence-electron chi connectivity index (χ3n) is 4.58. The van der Waals surface area contributed by atoms with Crippen LogP contribution in [0.4, 0.5) is 0 Å². The van der Waals surface area contributed by atoms with Crippen LogP contribution in [0.3, 0.4) is 0 Å². The van der Waals surface area contributed by atoms with E-state index in [-0.39, 0.29) is 23.1 Å². The molecule has 0 bridgehead atoms. The van der Waals surface area contributed by atoms with Gasteiger partial charge in [0.05, 0.1) is 28.6 Å². The standard InChI is InChI=1S/C20H15N3O5/c1-22-18(25)13-7-3-2-6-12(13)16(21-22)10-17(24)28-11-23-19(26)14-8-4-5-9-15(14)20(23)27/h2-9H,10-11H2,1H3. The van der Waals surface area contributed by atoms with Gasteiger partial charge in [-0.2, -0.15) is 5.10 Å². The highest BCUT2D eigenvalue weighted by Crippen LogP contribution is 2.22. The van der Waals surface area contributed by atoms with Crippen LogP contribution in [0.5, 0.6) is 0 Å². The molecular weight excluding hydrogens is 362 g/mol. The molecule has 0 saturated carbocycles. The van der Waals surface area contributed by atoms with Crippen molar-refractivity contribution in [2.45, 2.75) is 6.42 Å². The maximum absolute atomic E-state index is 12.3. The first kappa shape index (κ1) is 17.6. The Morgan fingerprint density at radius 2 is 1.50 bits per heavy atom. The monoisotopic (exact) mass is 377 g/mol. The Morgan fingerprint density at radius 1 is 0.929 bits per heavy atom. The number of fused-ring (bicyclic) bond motifs is 2. The number of benzene rings is 2. The molecule has 0 atom stereocenters. The summed E-state index contributed by atoms with van der Waals surface area (Å²) in [6.07, 6.45) is -0.197. The van der Waals surface area contributed by atoms with Gasteiger partial charge in [-0.05, 0) is 18.2 Å². The van der Waals surface area contributed by atoms with Crippen LogP contribution in [0.15, 0.2) is 53.3 Å². The first-order chi connectivity index (χ1) is 13.5.